The second-order valence-electron chi connectivity index (χ2n) is 2.67. The smallest absolute Gasteiger partial charge is 0.235 e. The third-order valence-electron chi connectivity index (χ3n) is 1.63. The summed E-state index contributed by atoms with van der Waals surface area (Å²) >= 11 is 1.39. The van der Waals surface area contributed by atoms with Crippen LogP contribution < -0.4 is 0 Å². The van der Waals surface area contributed by atoms with E-state index in [4.69, 9.17) is 5.26 Å². The molecule has 0 atom stereocenters. The van der Waals surface area contributed by atoms with Crippen molar-refractivity contribution >= 4 is 22.6 Å². The van der Waals surface area contributed by atoms with Gasteiger partial charge in [-0.25, -0.2) is 13.8 Å². The van der Waals surface area contributed by atoms with Crippen LogP contribution in [-0.2, 0) is 6.18 Å². The van der Waals surface area contributed by atoms with Crippen LogP contribution in [0.1, 0.15) is 23.2 Å². The second kappa shape index (κ2) is 4.48. The number of aromatic nitrogens is 1. The van der Waals surface area contributed by atoms with Crippen LogP contribution in [0.4, 0.5) is 22.0 Å². The molecule has 0 unspecified atom stereocenters. The molecule has 0 aromatic carbocycles. The highest BCUT2D eigenvalue weighted by molar-refractivity contribution is 14.1. The average Bonchev–Trinajstić information content (AvgIpc) is 2.15. The molecule has 0 bridgehead atoms. The van der Waals surface area contributed by atoms with Crippen molar-refractivity contribution in [3.8, 4) is 6.07 Å². The summed E-state index contributed by atoms with van der Waals surface area (Å²) in [5.41, 5.74) is -3.22. The molecule has 1 aromatic heterocycles. The summed E-state index contributed by atoms with van der Waals surface area (Å²) in [4.78, 5) is 3.00. The van der Waals surface area contributed by atoms with Crippen LogP contribution in [-0.4, -0.2) is 4.98 Å². The Morgan fingerprint density at radius 1 is 1.38 bits per heavy atom. The van der Waals surface area contributed by atoms with Gasteiger partial charge in [0.25, 0.3) is 6.43 Å². The van der Waals surface area contributed by atoms with Gasteiger partial charge in [-0.1, -0.05) is 0 Å². The summed E-state index contributed by atoms with van der Waals surface area (Å²) in [5, 5.41) is 8.50. The van der Waals surface area contributed by atoms with Gasteiger partial charge in [-0.2, -0.15) is 18.4 Å². The number of hydrogen-bond acceptors (Lipinski definition) is 2. The predicted octanol–water partition coefficient (Wildman–Crippen LogP) is 3.51. The molecule has 0 fully saturated rings. The highest BCUT2D eigenvalue weighted by Gasteiger charge is 2.38. The predicted molar refractivity (Wildman–Crippen MR) is 51.6 cm³/mol. The molecule has 0 saturated heterocycles. The zero-order valence-electron chi connectivity index (χ0n) is 7.32. The van der Waals surface area contributed by atoms with Gasteiger partial charge in [0.2, 0.25) is 0 Å². The van der Waals surface area contributed by atoms with Gasteiger partial charge in [-0.05, 0) is 28.7 Å². The molecule has 0 aliphatic carbocycles. The van der Waals surface area contributed by atoms with E-state index in [1.807, 2.05) is 0 Å². The van der Waals surface area contributed by atoms with Crippen LogP contribution in [0.25, 0.3) is 0 Å². The van der Waals surface area contributed by atoms with Gasteiger partial charge < -0.3 is 0 Å². The van der Waals surface area contributed by atoms with Gasteiger partial charge >= 0.3 is 6.18 Å². The topological polar surface area (TPSA) is 36.7 Å². The van der Waals surface area contributed by atoms with E-state index in [1.54, 1.807) is 0 Å². The first kappa shape index (κ1) is 13.1. The van der Waals surface area contributed by atoms with Gasteiger partial charge in [-0.15, -0.1) is 0 Å². The number of nitriles is 1. The van der Waals surface area contributed by atoms with E-state index in [2.05, 4.69) is 4.98 Å². The molecular weight excluding hydrogens is 346 g/mol. The van der Waals surface area contributed by atoms with Crippen molar-refractivity contribution in [3.05, 3.63) is 26.6 Å². The number of rotatable bonds is 1. The van der Waals surface area contributed by atoms with E-state index in [-0.39, 0.29) is 9.26 Å². The lowest BCUT2D eigenvalue weighted by Gasteiger charge is -2.12. The zero-order valence-corrected chi connectivity index (χ0v) is 9.47. The quantitative estimate of drug-likeness (QED) is 0.443. The van der Waals surface area contributed by atoms with Gasteiger partial charge in [0, 0.05) is 5.56 Å². The lowest BCUT2D eigenvalue weighted by atomic mass is 10.1. The first-order valence-electron chi connectivity index (χ1n) is 3.73. The van der Waals surface area contributed by atoms with Crippen LogP contribution in [0.15, 0.2) is 6.07 Å². The molecule has 0 amide bonds. The number of alkyl halides is 5. The van der Waals surface area contributed by atoms with E-state index >= 15 is 0 Å². The molecule has 0 N–H and O–H groups in total. The molecule has 8 heteroatoms. The average molecular weight is 348 g/mol. The van der Waals surface area contributed by atoms with Crippen LogP contribution in [0, 0.1) is 15.0 Å². The SMILES string of the molecule is N#Cc1cc(C(F)F)c(C(F)(F)F)nc1I. The summed E-state index contributed by atoms with van der Waals surface area (Å²) in [6.45, 7) is 0. The van der Waals surface area contributed by atoms with Crippen molar-refractivity contribution in [2.75, 3.05) is 0 Å². The fraction of sp³-hybridized carbons (Fsp3) is 0.250. The summed E-state index contributed by atoms with van der Waals surface area (Å²) in [5.74, 6) is 0. The van der Waals surface area contributed by atoms with E-state index in [1.165, 1.54) is 28.7 Å². The normalized spacial score (nSPS) is 11.6. The molecule has 1 rings (SSSR count). The first-order valence-corrected chi connectivity index (χ1v) is 4.81. The highest BCUT2D eigenvalue weighted by Crippen LogP contribution is 2.36. The van der Waals surface area contributed by atoms with Gasteiger partial charge in [-0.3, -0.25) is 0 Å². The van der Waals surface area contributed by atoms with Gasteiger partial charge in [0.1, 0.15) is 9.77 Å². The summed E-state index contributed by atoms with van der Waals surface area (Å²) in [7, 11) is 0. The minimum Gasteiger partial charge on any atom is -0.235 e. The minimum atomic E-state index is -4.96. The van der Waals surface area contributed by atoms with Crippen LogP contribution in [0.2, 0.25) is 0 Å². The van der Waals surface area contributed by atoms with Crippen molar-refractivity contribution in [2.24, 2.45) is 0 Å². The van der Waals surface area contributed by atoms with Crippen LogP contribution in [0.3, 0.4) is 0 Å². The molecular formula is C8H2F5IN2. The summed E-state index contributed by atoms with van der Waals surface area (Å²) in [6.07, 6.45) is -8.28. The Morgan fingerprint density at radius 2 is 1.94 bits per heavy atom. The third kappa shape index (κ3) is 2.58. The molecule has 2 nitrogen and oxygen atoms in total. The van der Waals surface area contributed by atoms with E-state index in [0.29, 0.717) is 6.07 Å². The zero-order chi connectivity index (χ0) is 12.5. The molecule has 0 aliphatic rings. The Balaban J connectivity index is 3.50. The standard InChI is InChI=1S/C8H2F5IN2/c9-6(10)4-1-3(2-15)7(14)16-5(4)8(11,12)13/h1,6H. The number of halogens is 6. The Bertz CT molecular complexity index is 449. The van der Waals surface area contributed by atoms with E-state index in [9.17, 15) is 22.0 Å². The number of pyridine rings is 1. The van der Waals surface area contributed by atoms with Gasteiger partial charge in [0.15, 0.2) is 5.69 Å². The van der Waals surface area contributed by atoms with Crippen LogP contribution in [0.5, 0.6) is 0 Å². The maximum atomic E-state index is 12.4. The summed E-state index contributed by atoms with van der Waals surface area (Å²) in [6, 6.07) is 2.01. The largest absolute Gasteiger partial charge is 0.433 e. The number of nitrogens with zero attached hydrogens (tertiary/aromatic N) is 2. The van der Waals surface area contributed by atoms with Crippen molar-refractivity contribution in [2.45, 2.75) is 12.6 Å². The molecule has 16 heavy (non-hydrogen) atoms. The second-order valence-corrected chi connectivity index (χ2v) is 3.70. The minimum absolute atomic E-state index is 0.253. The molecule has 86 valence electrons. The number of hydrogen-bond donors (Lipinski definition) is 0. The summed E-state index contributed by atoms with van der Waals surface area (Å²) < 4.78 is 61.5. The third-order valence-corrected chi connectivity index (χ3v) is 2.45. The first-order chi connectivity index (χ1) is 7.27. The Hall–Kier alpha value is -0.980. The van der Waals surface area contributed by atoms with Crippen molar-refractivity contribution in [3.63, 3.8) is 0 Å². The fourth-order valence-electron chi connectivity index (χ4n) is 0.978. The van der Waals surface area contributed by atoms with E-state index < -0.39 is 23.9 Å². The molecule has 0 saturated carbocycles. The van der Waals surface area contributed by atoms with Gasteiger partial charge in [0.05, 0.1) is 5.56 Å². The molecule has 0 spiro atoms. The lowest BCUT2D eigenvalue weighted by Crippen LogP contribution is -2.14. The van der Waals surface area contributed by atoms with Crippen molar-refractivity contribution in [1.29, 1.82) is 5.26 Å². The maximum Gasteiger partial charge on any atom is 0.433 e. The molecule has 0 radical (unpaired) electrons. The van der Waals surface area contributed by atoms with Crippen LogP contribution >= 0.6 is 22.6 Å². The molecule has 1 aromatic rings. The molecule has 0 aliphatic heterocycles. The monoisotopic (exact) mass is 348 g/mol. The lowest BCUT2D eigenvalue weighted by molar-refractivity contribution is -0.143. The van der Waals surface area contributed by atoms with E-state index in [0.717, 1.165) is 0 Å². The molecule has 1 heterocycles. The van der Waals surface area contributed by atoms with Crippen molar-refractivity contribution in [1.82, 2.24) is 4.98 Å². The Morgan fingerprint density at radius 3 is 2.31 bits per heavy atom. The highest BCUT2D eigenvalue weighted by atomic mass is 127. The fourth-order valence-corrected chi connectivity index (χ4v) is 1.50. The Kier molecular flexibility index (Phi) is 3.67. The Labute approximate surface area is 100 Å². The maximum absolute atomic E-state index is 12.4. The van der Waals surface area contributed by atoms with Crippen molar-refractivity contribution < 1.29 is 22.0 Å².